The molecule has 0 saturated carbocycles. The van der Waals surface area contributed by atoms with E-state index < -0.39 is 5.97 Å². The van der Waals surface area contributed by atoms with Gasteiger partial charge in [-0.1, -0.05) is 18.6 Å². The number of carboxylic acids is 1. The molecule has 2 amide bonds. The second kappa shape index (κ2) is 10.5. The molecule has 0 fully saturated rings. The quantitative estimate of drug-likeness (QED) is 0.580. The van der Waals surface area contributed by atoms with Crippen molar-refractivity contribution in [2.45, 2.75) is 39.2 Å². The highest BCUT2D eigenvalue weighted by atomic mass is 16.5. The van der Waals surface area contributed by atoms with Crippen molar-refractivity contribution in [2.24, 2.45) is 0 Å². The van der Waals surface area contributed by atoms with E-state index in [0.29, 0.717) is 26.1 Å². The fourth-order valence-electron chi connectivity index (χ4n) is 1.89. The molecular weight excluding hydrogens is 284 g/mol. The first-order valence-corrected chi connectivity index (χ1v) is 7.57. The van der Waals surface area contributed by atoms with Crippen LogP contribution >= 0.6 is 0 Å². The van der Waals surface area contributed by atoms with Gasteiger partial charge >= 0.3 is 12.0 Å². The van der Waals surface area contributed by atoms with E-state index in [4.69, 9.17) is 9.84 Å². The molecule has 22 heavy (non-hydrogen) atoms. The Bertz CT molecular complexity index is 460. The third kappa shape index (κ3) is 8.14. The van der Waals surface area contributed by atoms with Crippen LogP contribution in [0.1, 0.15) is 38.2 Å². The van der Waals surface area contributed by atoms with Crippen molar-refractivity contribution in [2.75, 3.05) is 13.2 Å². The van der Waals surface area contributed by atoms with Gasteiger partial charge in [0.05, 0.1) is 6.61 Å². The van der Waals surface area contributed by atoms with Crippen LogP contribution < -0.4 is 15.4 Å². The fourth-order valence-corrected chi connectivity index (χ4v) is 1.89. The van der Waals surface area contributed by atoms with E-state index >= 15 is 0 Å². The number of hydrogen-bond acceptors (Lipinski definition) is 3. The lowest BCUT2D eigenvalue weighted by Gasteiger charge is -2.08. The largest absolute Gasteiger partial charge is 0.494 e. The normalized spacial score (nSPS) is 10.0. The van der Waals surface area contributed by atoms with Crippen molar-refractivity contribution in [3.05, 3.63) is 29.8 Å². The molecule has 1 aromatic rings. The van der Waals surface area contributed by atoms with Gasteiger partial charge in [0.25, 0.3) is 0 Å². The summed E-state index contributed by atoms with van der Waals surface area (Å²) in [5.41, 5.74) is 1.00. The van der Waals surface area contributed by atoms with Crippen molar-refractivity contribution in [3.8, 4) is 5.75 Å². The molecule has 0 aliphatic carbocycles. The standard InChI is InChI=1S/C16H24N2O4/c1-2-22-14-9-7-13(8-10-14)12-18-16(21)17-11-5-3-4-6-15(19)20/h7-10H,2-6,11-12H2,1H3,(H,19,20)(H2,17,18,21). The number of carbonyl (C=O) groups is 2. The number of carboxylic acid groups (broad SMARTS) is 1. The SMILES string of the molecule is CCOc1ccc(CNC(=O)NCCCCCC(=O)O)cc1. The van der Waals surface area contributed by atoms with Gasteiger partial charge in [0.2, 0.25) is 0 Å². The van der Waals surface area contributed by atoms with Gasteiger partial charge in [0.1, 0.15) is 5.75 Å². The summed E-state index contributed by atoms with van der Waals surface area (Å²) in [7, 11) is 0. The molecule has 0 aliphatic heterocycles. The summed E-state index contributed by atoms with van der Waals surface area (Å²) in [4.78, 5) is 21.9. The molecule has 0 heterocycles. The third-order valence-corrected chi connectivity index (χ3v) is 3.04. The summed E-state index contributed by atoms with van der Waals surface area (Å²) in [6.07, 6.45) is 2.41. The average molecular weight is 308 g/mol. The predicted octanol–water partition coefficient (Wildman–Crippen LogP) is 2.53. The van der Waals surface area contributed by atoms with E-state index in [0.717, 1.165) is 24.2 Å². The van der Waals surface area contributed by atoms with E-state index in [1.807, 2.05) is 31.2 Å². The number of benzene rings is 1. The Balaban J connectivity index is 2.11. The monoisotopic (exact) mass is 308 g/mol. The Kier molecular flexibility index (Phi) is 8.49. The van der Waals surface area contributed by atoms with Gasteiger partial charge in [-0.15, -0.1) is 0 Å². The zero-order valence-electron chi connectivity index (χ0n) is 12.9. The van der Waals surface area contributed by atoms with Crippen molar-refractivity contribution in [3.63, 3.8) is 0 Å². The second-order valence-corrected chi connectivity index (χ2v) is 4.89. The van der Waals surface area contributed by atoms with Crippen LogP contribution in [0.15, 0.2) is 24.3 Å². The Morgan fingerprint density at radius 1 is 1.09 bits per heavy atom. The van der Waals surface area contributed by atoms with E-state index in [-0.39, 0.29) is 12.5 Å². The number of carbonyl (C=O) groups excluding carboxylic acids is 1. The molecule has 1 rings (SSSR count). The van der Waals surface area contributed by atoms with Crippen LogP contribution in [0.3, 0.4) is 0 Å². The lowest BCUT2D eigenvalue weighted by Crippen LogP contribution is -2.35. The van der Waals surface area contributed by atoms with Crippen LogP contribution in [0.2, 0.25) is 0 Å². The van der Waals surface area contributed by atoms with Crippen molar-refractivity contribution >= 4 is 12.0 Å². The number of nitrogens with one attached hydrogen (secondary N) is 2. The predicted molar refractivity (Wildman–Crippen MR) is 84.0 cm³/mol. The van der Waals surface area contributed by atoms with Crippen LogP contribution in [0.5, 0.6) is 5.75 Å². The first-order chi connectivity index (χ1) is 10.6. The topological polar surface area (TPSA) is 87.7 Å². The number of hydrogen-bond donors (Lipinski definition) is 3. The smallest absolute Gasteiger partial charge is 0.315 e. The van der Waals surface area contributed by atoms with Gasteiger partial charge in [0, 0.05) is 19.5 Å². The minimum atomic E-state index is -0.777. The highest BCUT2D eigenvalue weighted by Crippen LogP contribution is 2.11. The Labute approximate surface area is 130 Å². The lowest BCUT2D eigenvalue weighted by molar-refractivity contribution is -0.137. The molecule has 1 aromatic carbocycles. The minimum absolute atomic E-state index is 0.184. The van der Waals surface area contributed by atoms with Crippen LogP contribution in [0, 0.1) is 0 Å². The third-order valence-electron chi connectivity index (χ3n) is 3.04. The summed E-state index contributed by atoms with van der Waals surface area (Å²) in [5, 5.41) is 14.0. The lowest BCUT2D eigenvalue weighted by atomic mass is 10.2. The van der Waals surface area contributed by atoms with Gasteiger partial charge in [-0.2, -0.15) is 0 Å². The summed E-state index contributed by atoms with van der Waals surface area (Å²) >= 11 is 0. The molecule has 0 aromatic heterocycles. The maximum Gasteiger partial charge on any atom is 0.315 e. The van der Waals surface area contributed by atoms with Crippen LogP contribution in [-0.2, 0) is 11.3 Å². The summed E-state index contributed by atoms with van der Waals surface area (Å²) in [5.74, 6) is 0.0399. The first-order valence-electron chi connectivity index (χ1n) is 7.57. The van der Waals surface area contributed by atoms with Crippen LogP contribution in [0.25, 0.3) is 0 Å². The maximum absolute atomic E-state index is 11.6. The average Bonchev–Trinajstić information content (AvgIpc) is 2.50. The number of aliphatic carboxylic acids is 1. The first kappa shape index (κ1) is 17.8. The summed E-state index contributed by atoms with van der Waals surface area (Å²) in [6.45, 7) is 3.57. The molecule has 122 valence electrons. The van der Waals surface area contributed by atoms with Gasteiger partial charge in [-0.05, 0) is 37.5 Å². The molecule has 6 nitrogen and oxygen atoms in total. The van der Waals surface area contributed by atoms with Crippen molar-refractivity contribution in [1.29, 1.82) is 0 Å². The summed E-state index contributed by atoms with van der Waals surface area (Å²) in [6, 6.07) is 7.36. The van der Waals surface area contributed by atoms with Gasteiger partial charge in [0.15, 0.2) is 0 Å². The van der Waals surface area contributed by atoms with Crippen LogP contribution in [-0.4, -0.2) is 30.3 Å². The highest BCUT2D eigenvalue weighted by molar-refractivity contribution is 5.73. The number of rotatable bonds is 10. The Hall–Kier alpha value is -2.24. The van der Waals surface area contributed by atoms with Gasteiger partial charge < -0.3 is 20.5 Å². The molecular formula is C16H24N2O4. The molecule has 0 unspecified atom stereocenters. The zero-order valence-corrected chi connectivity index (χ0v) is 12.9. The number of unbranched alkanes of at least 4 members (excludes halogenated alkanes) is 2. The van der Waals surface area contributed by atoms with Crippen LogP contribution in [0.4, 0.5) is 4.79 Å². The molecule has 6 heteroatoms. The number of urea groups is 1. The Morgan fingerprint density at radius 2 is 1.82 bits per heavy atom. The van der Waals surface area contributed by atoms with Gasteiger partial charge in [-0.25, -0.2) is 4.79 Å². The molecule has 0 aliphatic rings. The molecule has 0 radical (unpaired) electrons. The number of amides is 2. The van der Waals surface area contributed by atoms with E-state index in [2.05, 4.69) is 10.6 Å². The highest BCUT2D eigenvalue weighted by Gasteiger charge is 2.01. The zero-order chi connectivity index (χ0) is 16.2. The van der Waals surface area contributed by atoms with Crippen molar-refractivity contribution in [1.82, 2.24) is 10.6 Å². The number of ether oxygens (including phenoxy) is 1. The Morgan fingerprint density at radius 3 is 2.45 bits per heavy atom. The molecule has 0 atom stereocenters. The maximum atomic E-state index is 11.6. The van der Waals surface area contributed by atoms with E-state index in [9.17, 15) is 9.59 Å². The molecule has 0 bridgehead atoms. The fraction of sp³-hybridized carbons (Fsp3) is 0.500. The van der Waals surface area contributed by atoms with Crippen molar-refractivity contribution < 1.29 is 19.4 Å². The molecule has 3 N–H and O–H groups in total. The minimum Gasteiger partial charge on any atom is -0.494 e. The molecule has 0 saturated heterocycles. The molecule has 0 spiro atoms. The second-order valence-electron chi connectivity index (χ2n) is 4.89. The summed E-state index contributed by atoms with van der Waals surface area (Å²) < 4.78 is 5.35. The van der Waals surface area contributed by atoms with Gasteiger partial charge in [-0.3, -0.25) is 4.79 Å². The van der Waals surface area contributed by atoms with E-state index in [1.165, 1.54) is 0 Å². The van der Waals surface area contributed by atoms with E-state index in [1.54, 1.807) is 0 Å².